The minimum atomic E-state index is -0.711. The molecule has 3 amide bonds. The molecule has 3 N–H and O–H groups in total. The maximum atomic E-state index is 15.0. The molecule has 10 nitrogen and oxygen atoms in total. The third-order valence-electron chi connectivity index (χ3n) is 6.76. The van der Waals surface area contributed by atoms with E-state index in [0.29, 0.717) is 36.7 Å². The minimum Gasteiger partial charge on any atom is -0.384 e. The van der Waals surface area contributed by atoms with E-state index < -0.39 is 17.8 Å². The Morgan fingerprint density at radius 1 is 1.18 bits per heavy atom. The third-order valence-corrected chi connectivity index (χ3v) is 6.76. The van der Waals surface area contributed by atoms with Gasteiger partial charge in [0, 0.05) is 63.9 Å². The number of hydrogen-bond acceptors (Lipinski definition) is 7. The predicted molar refractivity (Wildman–Crippen MR) is 118 cm³/mol. The molecule has 174 valence electrons. The van der Waals surface area contributed by atoms with Gasteiger partial charge >= 0.3 is 0 Å². The van der Waals surface area contributed by atoms with Crippen LogP contribution in [0.3, 0.4) is 0 Å². The van der Waals surface area contributed by atoms with Crippen LogP contribution in [-0.2, 0) is 29.7 Å². The van der Waals surface area contributed by atoms with Gasteiger partial charge in [0.2, 0.25) is 11.8 Å². The molecule has 1 aromatic carbocycles. The molecule has 4 heterocycles. The summed E-state index contributed by atoms with van der Waals surface area (Å²) in [6.45, 7) is 3.68. The molecule has 3 aliphatic heterocycles. The van der Waals surface area contributed by atoms with E-state index in [4.69, 9.17) is 5.73 Å². The first-order valence-corrected chi connectivity index (χ1v) is 11.0. The van der Waals surface area contributed by atoms with Gasteiger partial charge in [-0.3, -0.25) is 29.3 Å². The number of hydrogen-bond donors (Lipinski definition) is 2. The molecule has 0 saturated carbocycles. The van der Waals surface area contributed by atoms with Crippen LogP contribution in [0.5, 0.6) is 0 Å². The van der Waals surface area contributed by atoms with Crippen LogP contribution in [0.2, 0.25) is 0 Å². The summed E-state index contributed by atoms with van der Waals surface area (Å²) in [5.74, 6) is -0.981. The summed E-state index contributed by atoms with van der Waals surface area (Å²) >= 11 is 0. The molecule has 0 radical (unpaired) electrons. The van der Waals surface area contributed by atoms with Crippen LogP contribution in [-0.4, -0.2) is 69.5 Å². The minimum absolute atomic E-state index is 0.186. The largest absolute Gasteiger partial charge is 0.384 e. The van der Waals surface area contributed by atoms with Gasteiger partial charge in [0.1, 0.15) is 17.7 Å². The molecule has 3 aliphatic rings. The molecule has 11 heteroatoms. The lowest BCUT2D eigenvalue weighted by Crippen LogP contribution is -2.52. The van der Waals surface area contributed by atoms with Crippen molar-refractivity contribution in [2.75, 3.05) is 36.8 Å². The molecule has 0 spiro atoms. The lowest BCUT2D eigenvalue weighted by molar-refractivity contribution is -0.136. The lowest BCUT2D eigenvalue weighted by atomic mass is 10.0. The number of nitrogen functional groups attached to an aromatic ring is 1. The predicted octanol–water partition coefficient (Wildman–Crippen LogP) is 0.225. The summed E-state index contributed by atoms with van der Waals surface area (Å²) in [6, 6.07) is 2.29. The van der Waals surface area contributed by atoms with Crippen molar-refractivity contribution in [3.63, 3.8) is 0 Å². The second kappa shape index (κ2) is 8.14. The molecular formula is C22H26FN7O3. The van der Waals surface area contributed by atoms with E-state index in [1.54, 1.807) is 24.0 Å². The normalized spacial score (nSPS) is 21.5. The topological polar surface area (TPSA) is 117 Å². The average molecular weight is 455 g/mol. The van der Waals surface area contributed by atoms with Crippen LogP contribution in [0, 0.1) is 5.82 Å². The first-order valence-electron chi connectivity index (χ1n) is 11.0. The number of piperidine rings is 1. The number of nitrogens with zero attached hydrogens (tertiary/aromatic N) is 5. The highest BCUT2D eigenvalue weighted by Gasteiger charge is 2.40. The standard InChI is InChI=1S/C22H26FN7O3/c1-27-20(24)14(10-25-27)11-28-4-6-29(7-5-28)18-8-13-12-30(22(33)15(13)9-16(18)23)17-2-3-19(31)26-21(17)32/h8-10,17H,2-7,11-12,24H2,1H3,(H,26,31,32). The van der Waals surface area contributed by atoms with E-state index >= 15 is 4.39 Å². The van der Waals surface area contributed by atoms with Gasteiger partial charge in [-0.05, 0) is 24.1 Å². The Labute approximate surface area is 190 Å². The maximum Gasteiger partial charge on any atom is 0.255 e. The molecule has 0 aliphatic carbocycles. The molecule has 1 unspecified atom stereocenters. The number of halogens is 1. The van der Waals surface area contributed by atoms with Gasteiger partial charge in [-0.25, -0.2) is 4.39 Å². The van der Waals surface area contributed by atoms with E-state index in [1.807, 2.05) is 4.90 Å². The number of nitrogens with one attached hydrogen (secondary N) is 1. The summed E-state index contributed by atoms with van der Waals surface area (Å²) in [7, 11) is 1.81. The number of aryl methyl sites for hydroxylation is 1. The zero-order valence-electron chi connectivity index (χ0n) is 18.4. The highest BCUT2D eigenvalue weighted by molar-refractivity contribution is 6.05. The Kier molecular flexibility index (Phi) is 5.28. The second-order valence-electron chi connectivity index (χ2n) is 8.80. The number of anilines is 2. The maximum absolute atomic E-state index is 15.0. The zero-order valence-corrected chi connectivity index (χ0v) is 18.4. The van der Waals surface area contributed by atoms with Crippen molar-refractivity contribution < 1.29 is 18.8 Å². The summed E-state index contributed by atoms with van der Waals surface area (Å²) in [6.07, 6.45) is 2.24. The smallest absolute Gasteiger partial charge is 0.255 e. The van der Waals surface area contributed by atoms with Crippen molar-refractivity contribution in [3.05, 3.63) is 40.8 Å². The van der Waals surface area contributed by atoms with Gasteiger partial charge in [0.05, 0.1) is 11.9 Å². The quantitative estimate of drug-likeness (QED) is 0.634. The number of amides is 3. The van der Waals surface area contributed by atoms with Gasteiger partial charge < -0.3 is 15.5 Å². The van der Waals surface area contributed by atoms with Gasteiger partial charge in [0.25, 0.3) is 5.91 Å². The number of carbonyl (C=O) groups excluding carboxylic acids is 3. The highest BCUT2D eigenvalue weighted by Crippen LogP contribution is 2.33. The number of piperazine rings is 1. The molecule has 1 atom stereocenters. The summed E-state index contributed by atoms with van der Waals surface area (Å²) < 4.78 is 16.7. The highest BCUT2D eigenvalue weighted by atomic mass is 19.1. The van der Waals surface area contributed by atoms with Crippen LogP contribution < -0.4 is 16.0 Å². The van der Waals surface area contributed by atoms with Crippen LogP contribution in [0.15, 0.2) is 18.3 Å². The fraction of sp³-hybridized carbons (Fsp3) is 0.455. The van der Waals surface area contributed by atoms with Crippen LogP contribution in [0.1, 0.15) is 34.3 Å². The van der Waals surface area contributed by atoms with Crippen LogP contribution >= 0.6 is 0 Å². The van der Waals surface area contributed by atoms with E-state index in [0.717, 1.165) is 18.7 Å². The zero-order chi connectivity index (χ0) is 23.3. The van der Waals surface area contributed by atoms with E-state index in [9.17, 15) is 14.4 Å². The fourth-order valence-electron chi connectivity index (χ4n) is 4.82. The van der Waals surface area contributed by atoms with Gasteiger partial charge in [-0.2, -0.15) is 5.10 Å². The van der Waals surface area contributed by atoms with Crippen molar-refractivity contribution >= 4 is 29.2 Å². The third kappa shape index (κ3) is 3.82. The number of imide groups is 1. The Morgan fingerprint density at radius 2 is 1.94 bits per heavy atom. The van der Waals surface area contributed by atoms with Crippen molar-refractivity contribution in [1.82, 2.24) is 24.9 Å². The molecule has 1 aromatic heterocycles. The first-order chi connectivity index (χ1) is 15.8. The summed E-state index contributed by atoms with van der Waals surface area (Å²) in [4.78, 5) is 42.2. The van der Waals surface area contributed by atoms with Crippen molar-refractivity contribution in [3.8, 4) is 0 Å². The monoisotopic (exact) mass is 455 g/mol. The lowest BCUT2D eigenvalue weighted by Gasteiger charge is -2.36. The molecule has 5 rings (SSSR count). The van der Waals surface area contributed by atoms with Crippen molar-refractivity contribution in [1.29, 1.82) is 0 Å². The average Bonchev–Trinajstić information content (AvgIpc) is 3.27. The van der Waals surface area contributed by atoms with Crippen molar-refractivity contribution in [2.24, 2.45) is 7.05 Å². The SMILES string of the molecule is Cn1ncc(CN2CCN(c3cc4c(cc3F)C(=O)N(C3CCC(=O)NC3=O)C4)CC2)c1N. The number of carbonyl (C=O) groups is 3. The molecule has 0 bridgehead atoms. The number of fused-ring (bicyclic) bond motifs is 1. The number of aromatic nitrogens is 2. The van der Waals surface area contributed by atoms with E-state index in [2.05, 4.69) is 15.3 Å². The number of benzene rings is 1. The van der Waals surface area contributed by atoms with Crippen molar-refractivity contribution in [2.45, 2.75) is 32.0 Å². The molecule has 33 heavy (non-hydrogen) atoms. The Balaban J connectivity index is 1.27. The molecule has 2 aromatic rings. The number of rotatable bonds is 4. The van der Waals surface area contributed by atoms with Gasteiger partial charge in [0.15, 0.2) is 0 Å². The Hall–Kier alpha value is -3.47. The molecular weight excluding hydrogens is 429 g/mol. The Bertz CT molecular complexity index is 1140. The van der Waals surface area contributed by atoms with Gasteiger partial charge in [-0.1, -0.05) is 0 Å². The fourth-order valence-corrected chi connectivity index (χ4v) is 4.82. The molecule has 2 saturated heterocycles. The first kappa shape index (κ1) is 21.4. The summed E-state index contributed by atoms with van der Waals surface area (Å²) in [5.41, 5.74) is 8.47. The number of nitrogens with two attached hydrogens (primary N) is 1. The van der Waals surface area contributed by atoms with Crippen LogP contribution in [0.4, 0.5) is 15.9 Å². The van der Waals surface area contributed by atoms with Crippen LogP contribution in [0.25, 0.3) is 0 Å². The van der Waals surface area contributed by atoms with E-state index in [-0.39, 0.29) is 36.8 Å². The molecule has 2 fully saturated rings. The Morgan fingerprint density at radius 3 is 2.61 bits per heavy atom. The second-order valence-corrected chi connectivity index (χ2v) is 8.80. The summed E-state index contributed by atoms with van der Waals surface area (Å²) in [5, 5.41) is 6.46. The van der Waals surface area contributed by atoms with E-state index in [1.165, 1.54) is 11.0 Å². The van der Waals surface area contributed by atoms with Gasteiger partial charge in [-0.15, -0.1) is 0 Å².